The van der Waals surface area contributed by atoms with E-state index < -0.39 is 0 Å². The molecule has 0 aromatic rings. The quantitative estimate of drug-likeness (QED) is 0.409. The Labute approximate surface area is 114 Å². The Hall–Kier alpha value is 5.47. The van der Waals surface area contributed by atoms with E-state index in [4.69, 9.17) is 0 Å². The van der Waals surface area contributed by atoms with Crippen molar-refractivity contribution < 1.29 is 0 Å². The average molecular weight is 192 g/mol. The third-order valence-corrected chi connectivity index (χ3v) is 0. The molecule has 0 saturated heterocycles. The second-order valence-electron chi connectivity index (χ2n) is 1.34. The number of rotatable bonds is 0. The summed E-state index contributed by atoms with van der Waals surface area (Å²) in [5.41, 5.74) is 0. The molecular formula is AsK3. The zero-order chi connectivity index (χ0) is 3.58. The summed E-state index contributed by atoms with van der Waals surface area (Å²) in [6.07, 6.45) is 0. The van der Waals surface area contributed by atoms with Crippen molar-refractivity contribution in [3.63, 3.8) is 0 Å². The van der Waals surface area contributed by atoms with Crippen LogP contribution in [0.1, 0.15) is 0 Å². The van der Waals surface area contributed by atoms with Crippen LogP contribution in [-0.4, -0.2) is 121 Å². The van der Waals surface area contributed by atoms with E-state index in [1.807, 2.05) is 0 Å². The van der Waals surface area contributed by atoms with Crippen LogP contribution in [-0.2, 0) is 0 Å². The Morgan fingerprint density at radius 1 is 1.00 bits per heavy atom. The van der Waals surface area contributed by atoms with Gasteiger partial charge in [0.15, 0.2) is 0 Å². The molecule has 0 aliphatic heterocycles. The van der Waals surface area contributed by atoms with E-state index in [-0.39, 0.29) is 0 Å². The van der Waals surface area contributed by atoms with Crippen molar-refractivity contribution in [3.8, 4) is 0 Å². The number of hydrogen-bond donors (Lipinski definition) is 0. The van der Waals surface area contributed by atoms with Gasteiger partial charge >= 0.3 is 121 Å². The summed E-state index contributed by atoms with van der Waals surface area (Å²) in [5, 5.41) is 0. The molecule has 0 unspecified atom stereocenters. The van der Waals surface area contributed by atoms with Gasteiger partial charge in [-0.15, -0.1) is 0 Å². The molecule has 0 rings (SSSR count). The van der Waals surface area contributed by atoms with Crippen LogP contribution in [0.5, 0.6) is 0 Å². The van der Waals surface area contributed by atoms with Crippen molar-refractivity contribution in [2.75, 3.05) is 0 Å². The standard InChI is InChI=1S/As.3K. The van der Waals surface area contributed by atoms with Crippen molar-refractivity contribution >= 4 is 121 Å². The van der Waals surface area contributed by atoms with E-state index in [1.54, 1.807) is 0 Å². The van der Waals surface area contributed by atoms with Gasteiger partial charge in [-0.25, -0.2) is 0 Å². The van der Waals surface area contributed by atoms with Crippen LogP contribution in [0.4, 0.5) is 0 Å². The molecule has 8 valence electrons. The molecule has 0 aromatic heterocycles. The third kappa shape index (κ3) is 10.4. The van der Waals surface area contributed by atoms with Crippen LogP contribution < -0.4 is 0 Å². The van der Waals surface area contributed by atoms with Crippen LogP contribution in [0.3, 0.4) is 0 Å². The maximum atomic E-state index is 1.38. The van der Waals surface area contributed by atoms with Crippen molar-refractivity contribution in [3.05, 3.63) is 0 Å². The Morgan fingerprint density at radius 3 is 1.00 bits per heavy atom. The van der Waals surface area contributed by atoms with Gasteiger partial charge in [0.1, 0.15) is 0 Å². The van der Waals surface area contributed by atoms with Gasteiger partial charge in [-0.2, -0.15) is 0 Å². The second kappa shape index (κ2) is 6.59. The molecule has 0 spiro atoms. The fraction of sp³-hybridized carbons (Fsp3) is 0. The topological polar surface area (TPSA) is 0 Å². The van der Waals surface area contributed by atoms with Crippen molar-refractivity contribution in [1.29, 1.82) is 0 Å². The summed E-state index contributed by atoms with van der Waals surface area (Å²) in [4.78, 5) is 0. The minimum atomic E-state index is 0.375. The first-order chi connectivity index (χ1) is 1.73. The predicted molar refractivity (Wildman–Crippen MR) is 23.0 cm³/mol. The van der Waals surface area contributed by atoms with Crippen LogP contribution in [0, 0.1) is 0 Å². The molecule has 0 fully saturated rings. The molecule has 0 aromatic carbocycles. The summed E-state index contributed by atoms with van der Waals surface area (Å²) < 4.78 is 0.375. The van der Waals surface area contributed by atoms with Crippen molar-refractivity contribution in [2.24, 2.45) is 0 Å². The fourth-order valence-corrected chi connectivity index (χ4v) is 0. The SMILES string of the molecule is [K][As]([K])[K]. The van der Waals surface area contributed by atoms with Gasteiger partial charge in [0.25, 0.3) is 0 Å². The normalized spacial score (nSPS) is 9.75. The minimum absolute atomic E-state index is 0.375. The van der Waals surface area contributed by atoms with Crippen LogP contribution in [0.25, 0.3) is 0 Å². The van der Waals surface area contributed by atoms with Crippen molar-refractivity contribution in [2.45, 2.75) is 0 Å². The molecule has 0 aliphatic rings. The molecule has 0 nitrogen and oxygen atoms in total. The van der Waals surface area contributed by atoms with Gasteiger partial charge in [-0.3, -0.25) is 0 Å². The van der Waals surface area contributed by atoms with Gasteiger partial charge < -0.3 is 0 Å². The fourth-order valence-electron chi connectivity index (χ4n) is 0. The molecular weight excluding hydrogens is 192 g/mol. The van der Waals surface area contributed by atoms with Gasteiger partial charge in [0.05, 0.1) is 0 Å². The van der Waals surface area contributed by atoms with E-state index in [1.165, 1.54) is 135 Å². The molecule has 0 atom stereocenters. The third-order valence-electron chi connectivity index (χ3n) is 0. The molecule has 4 heavy (non-hydrogen) atoms. The first kappa shape index (κ1) is 9.47. The molecule has 0 amide bonds. The Morgan fingerprint density at radius 2 is 1.00 bits per heavy atom. The Balaban J connectivity index is 2.32. The van der Waals surface area contributed by atoms with Gasteiger partial charge in [-0.1, -0.05) is 0 Å². The Kier molecular flexibility index (Phi) is 15.6. The zero-order valence-corrected chi connectivity index (χ0v) is 14.7. The molecule has 0 bridgehead atoms. The van der Waals surface area contributed by atoms with E-state index in [0.717, 1.165) is 0 Å². The molecule has 0 N–H and O–H groups in total. The van der Waals surface area contributed by atoms with E-state index in [0.29, 0.717) is -14.2 Å². The molecule has 0 saturated carbocycles. The van der Waals surface area contributed by atoms with E-state index >= 15 is 0 Å². The van der Waals surface area contributed by atoms with Crippen LogP contribution in [0.2, 0.25) is 0 Å². The molecule has 0 heterocycles. The summed E-state index contributed by atoms with van der Waals surface area (Å²) in [6, 6.07) is 0. The molecule has 0 radical (unpaired) electrons. The summed E-state index contributed by atoms with van der Waals surface area (Å²) in [7, 11) is 0. The molecule has 0 aliphatic carbocycles. The van der Waals surface area contributed by atoms with Crippen molar-refractivity contribution in [1.82, 2.24) is 0 Å². The summed E-state index contributed by atoms with van der Waals surface area (Å²) in [6.45, 7) is 0. The monoisotopic (exact) mass is 192 g/mol. The maximum absolute atomic E-state index is 1.38. The van der Waals surface area contributed by atoms with E-state index in [9.17, 15) is 0 Å². The van der Waals surface area contributed by atoms with Crippen LogP contribution >= 0.6 is 0 Å². The summed E-state index contributed by atoms with van der Waals surface area (Å²) >= 11 is 4.12. The van der Waals surface area contributed by atoms with Crippen LogP contribution in [0.15, 0.2) is 0 Å². The number of hydrogen-bond acceptors (Lipinski definition) is 0. The summed E-state index contributed by atoms with van der Waals surface area (Å²) in [5.74, 6) is 0. The van der Waals surface area contributed by atoms with Gasteiger partial charge in [0.2, 0.25) is 0 Å². The first-order valence-corrected chi connectivity index (χ1v) is 28.7. The van der Waals surface area contributed by atoms with Gasteiger partial charge in [0, 0.05) is 0 Å². The second-order valence-corrected chi connectivity index (χ2v) is 119. The Bertz CT molecular complexity index is 8.00. The van der Waals surface area contributed by atoms with Gasteiger partial charge in [-0.05, 0) is 0 Å². The first-order valence-electron chi connectivity index (χ1n) is 1.34. The predicted octanol–water partition coefficient (Wildman–Crippen LogP) is -1.52. The van der Waals surface area contributed by atoms with E-state index in [2.05, 4.69) is 0 Å². The zero-order valence-electron chi connectivity index (χ0n) is 3.45. The average Bonchev–Trinajstić information content (AvgIpc) is 0.811. The molecule has 4 heteroatoms.